The summed E-state index contributed by atoms with van der Waals surface area (Å²) in [5.41, 5.74) is 1.05. The molecule has 13 nitrogen and oxygen atoms in total. The zero-order valence-electron chi connectivity index (χ0n) is 32.2. The Morgan fingerprint density at radius 1 is 0.966 bits per heavy atom. The first-order valence-corrected chi connectivity index (χ1v) is 19.2. The smallest absolute Gasteiger partial charge is 0.364 e. The number of aromatic nitrogens is 5. The molecule has 0 bridgehead atoms. The lowest BCUT2D eigenvalue weighted by Gasteiger charge is -2.42. The minimum Gasteiger partial charge on any atom is -0.364 e. The fourth-order valence-electron chi connectivity index (χ4n) is 8.24. The number of hydrogen-bond acceptors (Lipinski definition) is 8. The van der Waals surface area contributed by atoms with E-state index in [1.54, 1.807) is 67.3 Å². The molecule has 2 aliphatic heterocycles. The van der Waals surface area contributed by atoms with Gasteiger partial charge in [0.2, 0.25) is 11.8 Å². The number of benzene rings is 2. The van der Waals surface area contributed by atoms with Crippen molar-refractivity contribution in [2.24, 2.45) is 7.05 Å². The summed E-state index contributed by atoms with van der Waals surface area (Å²) in [5.74, 6) is -4.49. The van der Waals surface area contributed by atoms with E-state index in [0.717, 1.165) is 29.8 Å². The van der Waals surface area contributed by atoms with Gasteiger partial charge < -0.3 is 15.1 Å². The van der Waals surface area contributed by atoms with E-state index in [-0.39, 0.29) is 30.9 Å². The van der Waals surface area contributed by atoms with E-state index in [0.29, 0.717) is 35.0 Å². The van der Waals surface area contributed by atoms with Gasteiger partial charge in [-0.2, -0.15) is 18.3 Å². The predicted molar refractivity (Wildman–Crippen MR) is 207 cm³/mol. The van der Waals surface area contributed by atoms with Gasteiger partial charge in [-0.25, -0.2) is 18.6 Å². The lowest BCUT2D eigenvalue weighted by atomic mass is 9.96. The van der Waals surface area contributed by atoms with Gasteiger partial charge in [0.25, 0.3) is 11.8 Å². The van der Waals surface area contributed by atoms with Crippen molar-refractivity contribution in [3.05, 3.63) is 82.7 Å². The summed E-state index contributed by atoms with van der Waals surface area (Å²) >= 11 is 0. The van der Waals surface area contributed by atoms with E-state index in [1.807, 2.05) is 10.9 Å². The number of nitrogens with one attached hydrogen (secondary N) is 2. The topological polar surface area (TPSA) is 139 Å². The number of aryl methyl sites for hydroxylation is 1. The number of carbonyl (C=O) groups excluding carboxylic acids is 3. The molecule has 5 heterocycles. The van der Waals surface area contributed by atoms with Crippen LogP contribution in [0.4, 0.5) is 33.3 Å². The molecule has 18 heteroatoms. The molecule has 5 aromatic rings. The fraction of sp³-hybridized carbons (Fsp3) is 0.450. The minimum atomic E-state index is -4.59. The molecule has 2 saturated heterocycles. The van der Waals surface area contributed by atoms with Gasteiger partial charge in [0, 0.05) is 37.3 Å². The second kappa shape index (κ2) is 15.9. The largest absolute Gasteiger partial charge is 0.433 e. The molecule has 3 fully saturated rings. The van der Waals surface area contributed by atoms with Gasteiger partial charge in [-0.3, -0.25) is 33.5 Å². The minimum absolute atomic E-state index is 0.142. The van der Waals surface area contributed by atoms with Crippen molar-refractivity contribution < 1.29 is 36.3 Å². The summed E-state index contributed by atoms with van der Waals surface area (Å²) in [5, 5.41) is 10.4. The maximum absolute atomic E-state index is 14.8. The predicted octanol–water partition coefficient (Wildman–Crippen LogP) is 6.30. The highest BCUT2D eigenvalue weighted by molar-refractivity contribution is 6.04. The Hall–Kier alpha value is -5.65. The summed E-state index contributed by atoms with van der Waals surface area (Å²) in [6.07, 6.45) is 3.90. The van der Waals surface area contributed by atoms with Gasteiger partial charge in [0.05, 0.1) is 40.9 Å². The van der Waals surface area contributed by atoms with Crippen molar-refractivity contribution >= 4 is 51.0 Å². The molecule has 2 N–H and O–H groups in total. The molecule has 308 valence electrons. The first kappa shape index (κ1) is 40.5. The summed E-state index contributed by atoms with van der Waals surface area (Å²) in [4.78, 5) is 55.8. The molecule has 3 aliphatic rings. The average molecular weight is 810 g/mol. The average Bonchev–Trinajstić information content (AvgIpc) is 3.72. The molecule has 58 heavy (non-hydrogen) atoms. The van der Waals surface area contributed by atoms with E-state index in [4.69, 9.17) is 0 Å². The number of fused-ring (bicyclic) bond motifs is 2. The van der Waals surface area contributed by atoms with Crippen molar-refractivity contribution in [2.75, 3.05) is 37.4 Å². The Balaban J connectivity index is 0.000000177. The summed E-state index contributed by atoms with van der Waals surface area (Å²) in [7, 11) is 4.87. The van der Waals surface area contributed by atoms with E-state index < -0.39 is 53.9 Å². The van der Waals surface area contributed by atoms with Crippen LogP contribution in [0.5, 0.6) is 0 Å². The number of imidazole rings is 1. The Morgan fingerprint density at radius 2 is 1.71 bits per heavy atom. The number of rotatable bonds is 6. The van der Waals surface area contributed by atoms with Crippen molar-refractivity contribution in [2.45, 2.75) is 81.6 Å². The number of piperidine rings is 2. The zero-order valence-corrected chi connectivity index (χ0v) is 32.2. The number of amides is 3. The second-order valence-corrected chi connectivity index (χ2v) is 15.3. The normalized spacial score (nSPS) is 20.3. The number of imide groups is 1. The molecular weight excluding hydrogens is 765 g/mol. The lowest BCUT2D eigenvalue weighted by Crippen LogP contribution is -2.56. The number of nitrogens with zero attached hydrogens (tertiary/aromatic N) is 7. The van der Waals surface area contributed by atoms with Crippen LogP contribution < -0.4 is 21.2 Å². The highest BCUT2D eigenvalue weighted by Crippen LogP contribution is 2.37. The van der Waals surface area contributed by atoms with Crippen LogP contribution in [0.2, 0.25) is 0 Å². The molecule has 2 unspecified atom stereocenters. The summed E-state index contributed by atoms with van der Waals surface area (Å²) in [6, 6.07) is 12.4. The Kier molecular flexibility index (Phi) is 11.1. The third-order valence-electron chi connectivity index (χ3n) is 11.1. The van der Waals surface area contributed by atoms with Crippen LogP contribution in [0, 0.1) is 0 Å². The third-order valence-corrected chi connectivity index (χ3v) is 11.1. The number of halogens is 5. The maximum atomic E-state index is 14.8. The van der Waals surface area contributed by atoms with Gasteiger partial charge in [-0.1, -0.05) is 31.4 Å². The van der Waals surface area contributed by atoms with Crippen LogP contribution in [-0.2, 0) is 22.8 Å². The molecule has 8 rings (SSSR count). The van der Waals surface area contributed by atoms with Crippen LogP contribution >= 0.6 is 0 Å². The maximum Gasteiger partial charge on any atom is 0.433 e. The number of para-hydroxylation sites is 1. The molecular formula is C40H44F5N9O4. The molecule has 2 atom stereocenters. The molecule has 3 aromatic heterocycles. The Labute approximate surface area is 329 Å². The van der Waals surface area contributed by atoms with Crippen LogP contribution in [0.1, 0.15) is 79.6 Å². The van der Waals surface area contributed by atoms with Gasteiger partial charge in [0.1, 0.15) is 17.4 Å². The van der Waals surface area contributed by atoms with Gasteiger partial charge in [-0.15, -0.1) is 0 Å². The molecule has 1 saturated carbocycles. The number of pyridine rings is 1. The van der Waals surface area contributed by atoms with Crippen molar-refractivity contribution in [1.29, 1.82) is 0 Å². The van der Waals surface area contributed by atoms with Crippen molar-refractivity contribution in [3.63, 3.8) is 0 Å². The molecule has 3 amide bonds. The highest BCUT2D eigenvalue weighted by atomic mass is 19.4. The Morgan fingerprint density at radius 3 is 2.40 bits per heavy atom. The second-order valence-electron chi connectivity index (χ2n) is 15.3. The van der Waals surface area contributed by atoms with Crippen LogP contribution in [0.3, 0.4) is 0 Å². The molecule has 1 aliphatic carbocycles. The standard InChI is InChI=1S/C20H19F3N4O.C20H25F2N5O3/c21-20(22,23)18-8-4-7-17(25-18)19(28)24-14-9-10-16-13(11-14)12-27(26-16)15-5-2-1-3-6-15;1-24(2)15-9-10-26(11-20(15,21)22)12-5-4-6-13-17(12)25(3)19(30)27(13)14-7-8-16(28)23-18(14)29/h4,7-12,15H,1-3,5-6H2,(H,24,28);4-6,14-15H,7-11H2,1-3H3,(H,23,28,29). The number of hydrogen-bond donors (Lipinski definition) is 2. The molecule has 0 radical (unpaired) electrons. The van der Waals surface area contributed by atoms with Gasteiger partial charge in [0.15, 0.2) is 0 Å². The van der Waals surface area contributed by atoms with Gasteiger partial charge >= 0.3 is 11.9 Å². The summed E-state index contributed by atoms with van der Waals surface area (Å²) in [6.45, 7) is -0.0257. The first-order chi connectivity index (χ1) is 27.5. The zero-order chi connectivity index (χ0) is 41.5. The summed E-state index contributed by atoms with van der Waals surface area (Å²) < 4.78 is 72.7. The van der Waals surface area contributed by atoms with Gasteiger partial charge in [-0.05, 0) is 82.2 Å². The van der Waals surface area contributed by atoms with Crippen molar-refractivity contribution in [3.8, 4) is 0 Å². The highest BCUT2D eigenvalue weighted by Gasteiger charge is 2.46. The van der Waals surface area contributed by atoms with Crippen LogP contribution in [0.15, 0.2) is 65.6 Å². The third kappa shape index (κ3) is 8.19. The quantitative estimate of drug-likeness (QED) is 0.151. The van der Waals surface area contributed by atoms with E-state index in [1.165, 1.54) is 40.5 Å². The number of alkyl halides is 5. The fourth-order valence-corrected chi connectivity index (χ4v) is 8.24. The van der Waals surface area contributed by atoms with E-state index >= 15 is 0 Å². The van der Waals surface area contributed by atoms with E-state index in [2.05, 4.69) is 20.7 Å². The lowest BCUT2D eigenvalue weighted by molar-refractivity contribution is -0.141. The van der Waals surface area contributed by atoms with Crippen molar-refractivity contribution in [1.82, 2.24) is 34.1 Å². The van der Waals surface area contributed by atoms with E-state index in [9.17, 15) is 41.1 Å². The monoisotopic (exact) mass is 809 g/mol. The molecule has 0 spiro atoms. The Bertz CT molecular complexity index is 2410. The SMILES string of the molecule is CN(C)C1CCN(c2cccc3c2n(C)c(=O)n3C2CCC(=O)NC2=O)CC1(F)F.O=C(Nc1ccc2nn(C3CCCCC3)cc2c1)c1cccc(C(F)(F)F)n1. The number of carbonyl (C=O) groups is 3. The first-order valence-electron chi connectivity index (χ1n) is 19.2. The van der Waals surface area contributed by atoms with Crippen LogP contribution in [0.25, 0.3) is 21.9 Å². The van der Waals surface area contributed by atoms with Crippen LogP contribution in [-0.4, -0.2) is 85.7 Å². The molecule has 2 aromatic carbocycles. The number of anilines is 2.